The van der Waals surface area contributed by atoms with E-state index in [2.05, 4.69) is 22.4 Å². The molecule has 0 radical (unpaired) electrons. The fourth-order valence-electron chi connectivity index (χ4n) is 2.09. The molecule has 0 bridgehead atoms. The zero-order valence-corrected chi connectivity index (χ0v) is 14.9. The highest BCUT2D eigenvalue weighted by molar-refractivity contribution is 7.20. The van der Waals surface area contributed by atoms with Gasteiger partial charge < -0.3 is 4.74 Å². The maximum atomic E-state index is 6.30. The summed E-state index contributed by atoms with van der Waals surface area (Å²) in [4.78, 5) is 4.50. The molecule has 6 heteroatoms. The predicted octanol–water partition coefficient (Wildman–Crippen LogP) is 5.23. The van der Waals surface area contributed by atoms with Crippen LogP contribution < -0.4 is 10.2 Å². The monoisotopic (exact) mass is 357 g/mol. The maximum Gasteiger partial charge on any atom is 0.205 e. The van der Waals surface area contributed by atoms with Crippen molar-refractivity contribution in [1.82, 2.24) is 4.98 Å². The molecule has 0 aliphatic carbocycles. The molecule has 4 nitrogen and oxygen atoms in total. The lowest BCUT2D eigenvalue weighted by Gasteiger charge is -2.01. The minimum absolute atomic E-state index is 0.619. The van der Waals surface area contributed by atoms with Gasteiger partial charge in [-0.25, -0.2) is 4.98 Å². The third kappa shape index (κ3) is 3.93. The van der Waals surface area contributed by atoms with Gasteiger partial charge in [-0.05, 0) is 36.8 Å². The third-order valence-electron chi connectivity index (χ3n) is 3.40. The van der Waals surface area contributed by atoms with Crippen LogP contribution in [0, 0.1) is 6.92 Å². The maximum absolute atomic E-state index is 6.30. The summed E-state index contributed by atoms with van der Waals surface area (Å²) in [6.07, 6.45) is 1.75. The number of ether oxygens (including phenoxy) is 1. The number of hydrogen-bond acceptors (Lipinski definition) is 5. The first kappa shape index (κ1) is 16.5. The molecule has 0 aliphatic heterocycles. The average Bonchev–Trinajstić information content (AvgIpc) is 2.97. The zero-order chi connectivity index (χ0) is 16.9. The van der Waals surface area contributed by atoms with E-state index >= 15 is 0 Å². The Morgan fingerprint density at radius 3 is 2.50 bits per heavy atom. The molecule has 2 aromatic carbocycles. The molecule has 0 spiro atoms. The van der Waals surface area contributed by atoms with E-state index in [1.807, 2.05) is 48.5 Å². The molecule has 1 N–H and O–H groups in total. The fourth-order valence-corrected chi connectivity index (χ4v) is 3.13. The van der Waals surface area contributed by atoms with Gasteiger partial charge in [0, 0.05) is 5.56 Å². The molecule has 0 aliphatic rings. The summed E-state index contributed by atoms with van der Waals surface area (Å²) in [5.74, 6) is 0.797. The van der Waals surface area contributed by atoms with Crippen molar-refractivity contribution in [3.8, 4) is 17.0 Å². The van der Waals surface area contributed by atoms with Gasteiger partial charge in [0.1, 0.15) is 15.8 Å². The number of nitrogens with one attached hydrogen (secondary N) is 1. The van der Waals surface area contributed by atoms with Gasteiger partial charge in [0.05, 0.1) is 13.3 Å². The van der Waals surface area contributed by atoms with Crippen LogP contribution in [0.1, 0.15) is 11.1 Å². The first-order chi connectivity index (χ1) is 11.7. The van der Waals surface area contributed by atoms with E-state index in [0.717, 1.165) is 22.6 Å². The van der Waals surface area contributed by atoms with Crippen LogP contribution in [0.15, 0.2) is 53.6 Å². The molecule has 0 saturated carbocycles. The Morgan fingerprint density at radius 1 is 1.12 bits per heavy atom. The number of rotatable bonds is 5. The number of hydrogen-bond donors (Lipinski definition) is 1. The molecular formula is C18H16ClN3OS. The van der Waals surface area contributed by atoms with E-state index in [1.165, 1.54) is 16.9 Å². The van der Waals surface area contributed by atoms with E-state index in [1.54, 1.807) is 13.3 Å². The van der Waals surface area contributed by atoms with Crippen molar-refractivity contribution >= 4 is 34.3 Å². The Morgan fingerprint density at radius 2 is 1.83 bits per heavy atom. The second-order valence-electron chi connectivity index (χ2n) is 5.15. The van der Waals surface area contributed by atoms with Crippen LogP contribution in [0.2, 0.25) is 4.34 Å². The van der Waals surface area contributed by atoms with Crippen LogP contribution in [0.4, 0.5) is 5.13 Å². The minimum Gasteiger partial charge on any atom is -0.497 e. The van der Waals surface area contributed by atoms with E-state index in [0.29, 0.717) is 9.47 Å². The Bertz CT molecular complexity index is 842. The molecule has 3 rings (SSSR count). The normalized spacial score (nSPS) is 11.0. The Kier molecular flexibility index (Phi) is 5.13. The summed E-state index contributed by atoms with van der Waals surface area (Å²) in [5.41, 5.74) is 6.84. The van der Waals surface area contributed by atoms with E-state index in [-0.39, 0.29) is 0 Å². The van der Waals surface area contributed by atoms with Crippen molar-refractivity contribution in [3.63, 3.8) is 0 Å². The van der Waals surface area contributed by atoms with Crippen molar-refractivity contribution in [2.45, 2.75) is 6.92 Å². The molecule has 0 amide bonds. The predicted molar refractivity (Wildman–Crippen MR) is 102 cm³/mol. The largest absolute Gasteiger partial charge is 0.497 e. The molecule has 24 heavy (non-hydrogen) atoms. The summed E-state index contributed by atoms with van der Waals surface area (Å²) in [5, 5.41) is 4.86. The molecule has 1 heterocycles. The van der Waals surface area contributed by atoms with Crippen LogP contribution >= 0.6 is 22.9 Å². The van der Waals surface area contributed by atoms with Crippen LogP contribution in [-0.4, -0.2) is 18.3 Å². The lowest BCUT2D eigenvalue weighted by molar-refractivity contribution is 0.415. The van der Waals surface area contributed by atoms with Gasteiger partial charge in [-0.1, -0.05) is 52.8 Å². The van der Waals surface area contributed by atoms with Crippen LogP contribution in [-0.2, 0) is 0 Å². The van der Waals surface area contributed by atoms with Gasteiger partial charge in [0.15, 0.2) is 0 Å². The Labute approximate surface area is 149 Å². The number of aryl methyl sites for hydroxylation is 1. The Hall–Kier alpha value is -2.37. The standard InChI is InChI=1S/C18H16ClN3OS/c1-12-3-5-13(6-4-12)11-20-22-18-21-16(17(19)24-18)14-7-9-15(23-2)10-8-14/h3-11H,1-2H3,(H,21,22)/b20-11+. The van der Waals surface area contributed by atoms with Crippen LogP contribution in [0.25, 0.3) is 11.3 Å². The van der Waals surface area contributed by atoms with E-state index < -0.39 is 0 Å². The first-order valence-corrected chi connectivity index (χ1v) is 8.51. The molecule has 0 unspecified atom stereocenters. The fraction of sp³-hybridized carbons (Fsp3) is 0.111. The summed E-state index contributed by atoms with van der Waals surface area (Å²) in [7, 11) is 1.64. The topological polar surface area (TPSA) is 46.5 Å². The molecule has 122 valence electrons. The number of anilines is 1. The van der Waals surface area contributed by atoms with Crippen molar-refractivity contribution in [2.75, 3.05) is 12.5 Å². The van der Waals surface area contributed by atoms with Gasteiger partial charge in [-0.15, -0.1) is 0 Å². The van der Waals surface area contributed by atoms with Crippen molar-refractivity contribution < 1.29 is 4.74 Å². The molecule has 3 aromatic rings. The smallest absolute Gasteiger partial charge is 0.205 e. The first-order valence-electron chi connectivity index (χ1n) is 7.32. The molecule has 0 fully saturated rings. The molecule has 0 atom stereocenters. The van der Waals surface area contributed by atoms with Crippen molar-refractivity contribution in [3.05, 3.63) is 64.0 Å². The number of nitrogens with zero attached hydrogens (tertiary/aromatic N) is 2. The molecule has 1 aromatic heterocycles. The van der Waals surface area contributed by atoms with Gasteiger partial charge in [-0.3, -0.25) is 5.43 Å². The number of methoxy groups -OCH3 is 1. The SMILES string of the molecule is COc1ccc(-c2nc(N/N=C/c3ccc(C)cc3)sc2Cl)cc1. The van der Waals surface area contributed by atoms with E-state index in [4.69, 9.17) is 16.3 Å². The number of hydrazone groups is 1. The Balaban J connectivity index is 1.72. The molecule has 0 saturated heterocycles. The summed E-state index contributed by atoms with van der Waals surface area (Å²) < 4.78 is 5.78. The van der Waals surface area contributed by atoms with Gasteiger partial charge in [0.25, 0.3) is 0 Å². The van der Waals surface area contributed by atoms with Gasteiger partial charge in [0.2, 0.25) is 5.13 Å². The average molecular weight is 358 g/mol. The van der Waals surface area contributed by atoms with Crippen LogP contribution in [0.5, 0.6) is 5.75 Å². The van der Waals surface area contributed by atoms with E-state index in [9.17, 15) is 0 Å². The molecular weight excluding hydrogens is 342 g/mol. The summed E-state index contributed by atoms with van der Waals surface area (Å²) in [6.45, 7) is 2.05. The highest BCUT2D eigenvalue weighted by Crippen LogP contribution is 2.35. The van der Waals surface area contributed by atoms with Crippen molar-refractivity contribution in [2.24, 2.45) is 5.10 Å². The summed E-state index contributed by atoms with van der Waals surface area (Å²) >= 11 is 7.65. The minimum atomic E-state index is 0.619. The van der Waals surface area contributed by atoms with Crippen molar-refractivity contribution in [1.29, 1.82) is 0 Å². The second kappa shape index (κ2) is 7.47. The summed E-state index contributed by atoms with van der Waals surface area (Å²) in [6, 6.07) is 15.7. The number of aromatic nitrogens is 1. The number of halogens is 1. The highest BCUT2D eigenvalue weighted by atomic mass is 35.5. The van der Waals surface area contributed by atoms with Gasteiger partial charge >= 0.3 is 0 Å². The number of benzene rings is 2. The quantitative estimate of drug-likeness (QED) is 0.502. The third-order valence-corrected chi connectivity index (χ3v) is 4.56. The lowest BCUT2D eigenvalue weighted by atomic mass is 10.2. The number of thiazole rings is 1. The van der Waals surface area contributed by atoms with Crippen LogP contribution in [0.3, 0.4) is 0 Å². The van der Waals surface area contributed by atoms with Gasteiger partial charge in [-0.2, -0.15) is 5.10 Å². The lowest BCUT2D eigenvalue weighted by Crippen LogP contribution is -1.90. The second-order valence-corrected chi connectivity index (χ2v) is 6.75. The zero-order valence-electron chi connectivity index (χ0n) is 13.3. The highest BCUT2D eigenvalue weighted by Gasteiger charge is 2.11.